The van der Waals surface area contributed by atoms with Crippen LogP contribution in [0, 0.1) is 17.4 Å². The van der Waals surface area contributed by atoms with Gasteiger partial charge in [-0.1, -0.05) is 0 Å². The first-order valence-corrected chi connectivity index (χ1v) is 4.99. The van der Waals surface area contributed by atoms with E-state index in [9.17, 15) is 0 Å². The Bertz CT molecular complexity index is 273. The lowest BCUT2D eigenvalue weighted by molar-refractivity contribution is 1.15. The molecule has 0 aliphatic rings. The topological polar surface area (TPSA) is 38.9 Å². The minimum Gasteiger partial charge on any atom is -0.383 e. The van der Waals surface area contributed by atoms with Gasteiger partial charge in [0.25, 0.3) is 0 Å². The van der Waals surface area contributed by atoms with Gasteiger partial charge < -0.3 is 5.73 Å². The van der Waals surface area contributed by atoms with E-state index < -0.39 is 0 Å². The summed E-state index contributed by atoms with van der Waals surface area (Å²) in [7, 11) is 0. The molecule has 11 heavy (non-hydrogen) atoms. The molecular formula is C7H8BrIN2. The number of nitrogens with zero attached hydrogens (tertiary/aromatic N) is 1. The van der Waals surface area contributed by atoms with Crippen LogP contribution in [-0.2, 0) is 0 Å². The van der Waals surface area contributed by atoms with Gasteiger partial charge in [-0.15, -0.1) is 0 Å². The third-order valence-electron chi connectivity index (χ3n) is 1.49. The normalized spacial score (nSPS) is 10.2. The molecule has 2 nitrogen and oxygen atoms in total. The van der Waals surface area contributed by atoms with Gasteiger partial charge in [-0.25, -0.2) is 4.98 Å². The van der Waals surface area contributed by atoms with E-state index in [1.165, 1.54) is 3.57 Å². The lowest BCUT2D eigenvalue weighted by Crippen LogP contribution is -1.99. The first kappa shape index (κ1) is 9.25. The summed E-state index contributed by atoms with van der Waals surface area (Å²) in [6.45, 7) is 3.98. The fourth-order valence-electron chi connectivity index (χ4n) is 0.839. The molecular weight excluding hydrogens is 319 g/mol. The summed E-state index contributed by atoms with van der Waals surface area (Å²) in [6, 6.07) is 0. The quantitative estimate of drug-likeness (QED) is 0.744. The van der Waals surface area contributed by atoms with Crippen LogP contribution >= 0.6 is 38.5 Å². The number of hydrogen-bond donors (Lipinski definition) is 1. The minimum absolute atomic E-state index is 0.570. The number of anilines is 1. The highest BCUT2D eigenvalue weighted by Crippen LogP contribution is 2.27. The number of nitrogen functional groups attached to an aromatic ring is 1. The summed E-state index contributed by atoms with van der Waals surface area (Å²) in [5.41, 5.74) is 7.78. The van der Waals surface area contributed by atoms with E-state index in [1.807, 2.05) is 13.8 Å². The van der Waals surface area contributed by atoms with Crippen molar-refractivity contribution in [2.24, 2.45) is 0 Å². The maximum Gasteiger partial charge on any atom is 0.138 e. The molecule has 0 fully saturated rings. The van der Waals surface area contributed by atoms with Crippen molar-refractivity contribution < 1.29 is 0 Å². The second-order valence-corrected chi connectivity index (χ2v) is 4.21. The van der Waals surface area contributed by atoms with Crippen LogP contribution < -0.4 is 5.73 Å². The smallest absolute Gasteiger partial charge is 0.138 e. The Kier molecular flexibility index (Phi) is 2.74. The van der Waals surface area contributed by atoms with Crippen LogP contribution in [-0.4, -0.2) is 4.98 Å². The molecule has 0 bridgehead atoms. The van der Waals surface area contributed by atoms with E-state index in [4.69, 9.17) is 5.73 Å². The summed E-state index contributed by atoms with van der Waals surface area (Å²) >= 11 is 5.63. The van der Waals surface area contributed by atoms with Crippen molar-refractivity contribution in [1.29, 1.82) is 0 Å². The predicted molar refractivity (Wildman–Crippen MR) is 58.5 cm³/mol. The Morgan fingerprint density at radius 2 is 2.00 bits per heavy atom. The molecule has 0 aliphatic carbocycles. The highest BCUT2D eigenvalue weighted by atomic mass is 127. The number of aromatic nitrogens is 1. The molecule has 0 aromatic carbocycles. The largest absolute Gasteiger partial charge is 0.383 e. The van der Waals surface area contributed by atoms with Crippen molar-refractivity contribution >= 4 is 44.3 Å². The van der Waals surface area contributed by atoms with E-state index in [0.29, 0.717) is 5.82 Å². The van der Waals surface area contributed by atoms with Gasteiger partial charge in [-0.05, 0) is 57.9 Å². The molecule has 1 aromatic rings. The molecule has 4 heteroatoms. The lowest BCUT2D eigenvalue weighted by Gasteiger charge is -2.06. The fourth-order valence-corrected chi connectivity index (χ4v) is 1.89. The Morgan fingerprint density at radius 3 is 2.55 bits per heavy atom. The van der Waals surface area contributed by atoms with E-state index in [1.54, 1.807) is 0 Å². The van der Waals surface area contributed by atoms with Gasteiger partial charge in [0.15, 0.2) is 0 Å². The summed E-state index contributed by atoms with van der Waals surface area (Å²) in [5.74, 6) is 0.570. The summed E-state index contributed by atoms with van der Waals surface area (Å²) in [6.07, 6.45) is 0. The molecule has 0 atom stereocenters. The molecule has 1 rings (SSSR count). The van der Waals surface area contributed by atoms with Crippen molar-refractivity contribution in [3.63, 3.8) is 0 Å². The van der Waals surface area contributed by atoms with E-state index in [-0.39, 0.29) is 0 Å². The summed E-state index contributed by atoms with van der Waals surface area (Å²) < 4.78 is 2.08. The van der Waals surface area contributed by atoms with Crippen LogP contribution in [0.5, 0.6) is 0 Å². The maximum atomic E-state index is 5.63. The van der Waals surface area contributed by atoms with E-state index in [2.05, 4.69) is 43.5 Å². The van der Waals surface area contributed by atoms with Crippen molar-refractivity contribution in [3.8, 4) is 0 Å². The third kappa shape index (κ3) is 1.66. The van der Waals surface area contributed by atoms with Gasteiger partial charge >= 0.3 is 0 Å². The molecule has 0 radical (unpaired) electrons. The average Bonchev–Trinajstić information content (AvgIpc) is 1.97. The Hall–Kier alpha value is 0.160. The Labute approximate surface area is 87.9 Å². The Balaban J connectivity index is 3.46. The van der Waals surface area contributed by atoms with E-state index >= 15 is 0 Å². The average molecular weight is 327 g/mol. The van der Waals surface area contributed by atoms with Crippen molar-refractivity contribution in [2.45, 2.75) is 13.8 Å². The summed E-state index contributed by atoms with van der Waals surface area (Å²) in [5, 5.41) is 0. The lowest BCUT2D eigenvalue weighted by atomic mass is 10.2. The molecule has 1 aromatic heterocycles. The molecule has 0 saturated heterocycles. The number of nitrogens with two attached hydrogens (primary N) is 1. The zero-order chi connectivity index (χ0) is 8.59. The van der Waals surface area contributed by atoms with Crippen LogP contribution in [0.4, 0.5) is 5.82 Å². The zero-order valence-corrected chi connectivity index (χ0v) is 10.0. The molecule has 60 valence electrons. The van der Waals surface area contributed by atoms with Crippen LogP contribution in [0.1, 0.15) is 11.3 Å². The molecule has 0 amide bonds. The number of hydrogen-bond acceptors (Lipinski definition) is 2. The molecule has 1 heterocycles. The first-order chi connectivity index (χ1) is 5.04. The van der Waals surface area contributed by atoms with Crippen molar-refractivity contribution in [1.82, 2.24) is 4.98 Å². The van der Waals surface area contributed by atoms with Crippen LogP contribution in [0.15, 0.2) is 4.47 Å². The molecule has 0 unspecified atom stereocenters. The fraction of sp³-hybridized carbons (Fsp3) is 0.286. The maximum absolute atomic E-state index is 5.63. The van der Waals surface area contributed by atoms with Gasteiger partial charge in [0.2, 0.25) is 0 Å². The molecule has 0 aliphatic heterocycles. The second-order valence-electron chi connectivity index (χ2n) is 2.34. The third-order valence-corrected chi connectivity index (χ3v) is 4.08. The summed E-state index contributed by atoms with van der Waals surface area (Å²) in [4.78, 5) is 4.16. The second kappa shape index (κ2) is 3.26. The number of pyridine rings is 1. The van der Waals surface area contributed by atoms with Crippen LogP contribution in [0.25, 0.3) is 0 Å². The monoisotopic (exact) mass is 326 g/mol. The van der Waals surface area contributed by atoms with Gasteiger partial charge in [0.05, 0.1) is 10.2 Å². The predicted octanol–water partition coefficient (Wildman–Crippen LogP) is 2.65. The first-order valence-electron chi connectivity index (χ1n) is 3.11. The van der Waals surface area contributed by atoms with Gasteiger partial charge in [0.1, 0.15) is 5.82 Å². The molecule has 2 N–H and O–H groups in total. The van der Waals surface area contributed by atoms with Gasteiger partial charge in [-0.2, -0.15) is 0 Å². The van der Waals surface area contributed by atoms with Crippen LogP contribution in [0.2, 0.25) is 0 Å². The molecule has 0 spiro atoms. The zero-order valence-electron chi connectivity index (χ0n) is 6.28. The van der Waals surface area contributed by atoms with Crippen molar-refractivity contribution in [2.75, 3.05) is 5.73 Å². The van der Waals surface area contributed by atoms with Gasteiger partial charge in [0, 0.05) is 3.57 Å². The highest BCUT2D eigenvalue weighted by Gasteiger charge is 2.07. The standard InChI is InChI=1S/C7H8BrIN2/c1-3-5(8)7(10)11-4(2)6(3)9/h1-2H3,(H2,10,11). The van der Waals surface area contributed by atoms with E-state index in [0.717, 1.165) is 15.7 Å². The SMILES string of the molecule is Cc1nc(N)c(Br)c(C)c1I. The van der Waals surface area contributed by atoms with Crippen LogP contribution in [0.3, 0.4) is 0 Å². The van der Waals surface area contributed by atoms with Gasteiger partial charge in [-0.3, -0.25) is 0 Å². The number of aryl methyl sites for hydroxylation is 1. The Morgan fingerprint density at radius 1 is 1.45 bits per heavy atom. The highest BCUT2D eigenvalue weighted by molar-refractivity contribution is 14.1. The molecule has 0 saturated carbocycles. The van der Waals surface area contributed by atoms with Crippen molar-refractivity contribution in [3.05, 3.63) is 19.3 Å². The number of halogens is 2. The minimum atomic E-state index is 0.570. The number of rotatable bonds is 0.